The van der Waals surface area contributed by atoms with Crippen LogP contribution in [-0.4, -0.2) is 35.8 Å². The third kappa shape index (κ3) is 2.83. The largest absolute Gasteiger partial charge is 0.496 e. The fourth-order valence-corrected chi connectivity index (χ4v) is 2.81. The van der Waals surface area contributed by atoms with Crippen molar-refractivity contribution in [3.05, 3.63) is 28.2 Å². The van der Waals surface area contributed by atoms with Crippen molar-refractivity contribution in [3.63, 3.8) is 0 Å². The number of hydrogen-bond acceptors (Lipinski definition) is 2. The van der Waals surface area contributed by atoms with Gasteiger partial charge < -0.3 is 9.64 Å². The van der Waals surface area contributed by atoms with Gasteiger partial charge in [-0.25, -0.2) is 0 Å². The van der Waals surface area contributed by atoms with Crippen molar-refractivity contribution >= 4 is 37.8 Å². The summed E-state index contributed by atoms with van der Waals surface area (Å²) >= 11 is 6.90. The highest BCUT2D eigenvalue weighted by Crippen LogP contribution is 2.26. The number of likely N-dealkylation sites (tertiary alicyclic amines) is 1. The molecule has 5 heteroatoms. The number of alkyl halides is 1. The molecule has 1 heterocycles. The number of nitrogens with zero attached hydrogens (tertiary/aromatic N) is 1. The van der Waals surface area contributed by atoms with E-state index in [1.54, 1.807) is 13.2 Å². The van der Waals surface area contributed by atoms with E-state index >= 15 is 0 Å². The van der Waals surface area contributed by atoms with Crippen LogP contribution in [0, 0.1) is 0 Å². The zero-order chi connectivity index (χ0) is 12.4. The molecule has 0 aliphatic carbocycles. The van der Waals surface area contributed by atoms with E-state index in [1.165, 1.54) is 0 Å². The van der Waals surface area contributed by atoms with E-state index in [4.69, 9.17) is 4.74 Å². The topological polar surface area (TPSA) is 29.5 Å². The Morgan fingerprint density at radius 1 is 1.53 bits per heavy atom. The van der Waals surface area contributed by atoms with Crippen LogP contribution < -0.4 is 4.74 Å². The van der Waals surface area contributed by atoms with Crippen molar-refractivity contribution in [3.8, 4) is 5.75 Å². The summed E-state index contributed by atoms with van der Waals surface area (Å²) in [6.07, 6.45) is 1.00. The summed E-state index contributed by atoms with van der Waals surface area (Å²) < 4.78 is 6.15. The van der Waals surface area contributed by atoms with E-state index in [0.717, 1.165) is 24.0 Å². The van der Waals surface area contributed by atoms with E-state index in [0.29, 0.717) is 16.1 Å². The third-order valence-corrected chi connectivity index (χ3v) is 4.05. The molecule has 1 saturated heterocycles. The van der Waals surface area contributed by atoms with Crippen molar-refractivity contribution in [2.75, 3.05) is 20.2 Å². The van der Waals surface area contributed by atoms with Crippen LogP contribution in [0.25, 0.3) is 0 Å². The van der Waals surface area contributed by atoms with Gasteiger partial charge in [0.05, 0.1) is 12.7 Å². The van der Waals surface area contributed by atoms with E-state index < -0.39 is 0 Å². The molecule has 17 heavy (non-hydrogen) atoms. The number of methoxy groups -OCH3 is 1. The molecule has 0 bridgehead atoms. The molecule has 1 aromatic carbocycles. The Bertz CT molecular complexity index is 437. The molecule has 1 amide bonds. The first-order valence-electron chi connectivity index (χ1n) is 5.38. The SMILES string of the molecule is COc1cc(Br)ccc1C(=O)N1CCC(Br)C1. The standard InChI is InChI=1S/C12H13Br2NO2/c1-17-11-6-8(13)2-3-10(11)12(16)15-5-4-9(14)7-15/h2-3,6,9H,4-5,7H2,1H3. The third-order valence-electron chi connectivity index (χ3n) is 2.81. The second kappa shape index (κ2) is 5.40. The smallest absolute Gasteiger partial charge is 0.257 e. The molecular formula is C12H13Br2NO2. The van der Waals surface area contributed by atoms with Crippen LogP contribution in [0.15, 0.2) is 22.7 Å². The summed E-state index contributed by atoms with van der Waals surface area (Å²) in [5, 5.41) is 0. The molecule has 1 aliphatic rings. The van der Waals surface area contributed by atoms with E-state index in [-0.39, 0.29) is 5.91 Å². The lowest BCUT2D eigenvalue weighted by Crippen LogP contribution is -2.29. The summed E-state index contributed by atoms with van der Waals surface area (Å²) in [4.78, 5) is 14.6. The predicted octanol–water partition coefficient (Wildman–Crippen LogP) is 3.07. The van der Waals surface area contributed by atoms with Crippen LogP contribution in [0.1, 0.15) is 16.8 Å². The van der Waals surface area contributed by atoms with Crippen molar-refractivity contribution in [2.45, 2.75) is 11.2 Å². The average Bonchev–Trinajstić information content (AvgIpc) is 2.75. The van der Waals surface area contributed by atoms with Crippen LogP contribution in [0.5, 0.6) is 5.75 Å². The Balaban J connectivity index is 2.24. The minimum atomic E-state index is 0.0382. The van der Waals surface area contributed by atoms with Gasteiger partial charge in [-0.2, -0.15) is 0 Å². The Labute approximate surface area is 117 Å². The van der Waals surface area contributed by atoms with Gasteiger partial charge in [0.1, 0.15) is 5.75 Å². The highest BCUT2D eigenvalue weighted by molar-refractivity contribution is 9.10. The quantitative estimate of drug-likeness (QED) is 0.756. The van der Waals surface area contributed by atoms with Crippen molar-refractivity contribution < 1.29 is 9.53 Å². The minimum Gasteiger partial charge on any atom is -0.496 e. The zero-order valence-corrected chi connectivity index (χ0v) is 12.6. The molecule has 92 valence electrons. The minimum absolute atomic E-state index is 0.0382. The normalized spacial score (nSPS) is 19.5. The second-order valence-electron chi connectivity index (χ2n) is 3.98. The Morgan fingerprint density at radius 3 is 2.88 bits per heavy atom. The molecule has 0 aromatic heterocycles. The average molecular weight is 363 g/mol. The maximum Gasteiger partial charge on any atom is 0.257 e. The molecule has 3 nitrogen and oxygen atoms in total. The zero-order valence-electron chi connectivity index (χ0n) is 9.45. The van der Waals surface area contributed by atoms with Gasteiger partial charge in [-0.15, -0.1) is 0 Å². The molecule has 1 aliphatic heterocycles. The second-order valence-corrected chi connectivity index (χ2v) is 6.19. The van der Waals surface area contributed by atoms with Gasteiger partial charge in [-0.1, -0.05) is 31.9 Å². The number of ether oxygens (including phenoxy) is 1. The van der Waals surface area contributed by atoms with Crippen LogP contribution >= 0.6 is 31.9 Å². The number of carbonyl (C=O) groups excluding carboxylic acids is 1. The molecule has 0 saturated carbocycles. The molecule has 1 unspecified atom stereocenters. The van der Waals surface area contributed by atoms with E-state index in [9.17, 15) is 4.79 Å². The molecule has 2 rings (SSSR count). The molecular weight excluding hydrogens is 350 g/mol. The number of rotatable bonds is 2. The fourth-order valence-electron chi connectivity index (χ4n) is 1.91. The van der Waals surface area contributed by atoms with Gasteiger partial charge in [0.15, 0.2) is 0 Å². The summed E-state index contributed by atoms with van der Waals surface area (Å²) in [5.74, 6) is 0.652. The molecule has 1 aromatic rings. The first-order chi connectivity index (χ1) is 8.11. The number of amides is 1. The molecule has 1 fully saturated rings. The van der Waals surface area contributed by atoms with Gasteiger partial charge in [0.2, 0.25) is 0 Å². The van der Waals surface area contributed by atoms with Crippen molar-refractivity contribution in [1.82, 2.24) is 4.90 Å². The molecule has 0 spiro atoms. The Kier molecular flexibility index (Phi) is 4.09. The lowest BCUT2D eigenvalue weighted by Gasteiger charge is -2.17. The number of benzene rings is 1. The molecule has 1 atom stereocenters. The summed E-state index contributed by atoms with van der Waals surface area (Å²) in [6, 6.07) is 5.47. The van der Waals surface area contributed by atoms with E-state index in [1.807, 2.05) is 17.0 Å². The van der Waals surface area contributed by atoms with Crippen LogP contribution in [0.4, 0.5) is 0 Å². The first-order valence-corrected chi connectivity index (χ1v) is 7.09. The maximum absolute atomic E-state index is 12.3. The molecule has 0 radical (unpaired) electrons. The Hall–Kier alpha value is -0.550. The number of hydrogen-bond donors (Lipinski definition) is 0. The lowest BCUT2D eigenvalue weighted by molar-refractivity contribution is 0.0790. The van der Waals surface area contributed by atoms with Gasteiger partial charge in [-0.05, 0) is 24.6 Å². The number of carbonyl (C=O) groups is 1. The highest BCUT2D eigenvalue weighted by atomic mass is 79.9. The van der Waals surface area contributed by atoms with Gasteiger partial charge in [0.25, 0.3) is 5.91 Å². The summed E-state index contributed by atoms with van der Waals surface area (Å²) in [6.45, 7) is 1.56. The Morgan fingerprint density at radius 2 is 2.29 bits per heavy atom. The van der Waals surface area contributed by atoms with E-state index in [2.05, 4.69) is 31.9 Å². The monoisotopic (exact) mass is 361 g/mol. The van der Waals surface area contributed by atoms with Crippen molar-refractivity contribution in [1.29, 1.82) is 0 Å². The summed E-state index contributed by atoms with van der Waals surface area (Å²) in [5.41, 5.74) is 0.623. The van der Waals surface area contributed by atoms with Crippen molar-refractivity contribution in [2.24, 2.45) is 0 Å². The van der Waals surface area contributed by atoms with Gasteiger partial charge in [0, 0.05) is 22.4 Å². The number of halogens is 2. The molecule has 0 N–H and O–H groups in total. The maximum atomic E-state index is 12.3. The summed E-state index contributed by atoms with van der Waals surface area (Å²) in [7, 11) is 1.58. The van der Waals surface area contributed by atoms with Crippen LogP contribution in [0.2, 0.25) is 0 Å². The van der Waals surface area contributed by atoms with Gasteiger partial charge >= 0.3 is 0 Å². The van der Waals surface area contributed by atoms with Gasteiger partial charge in [-0.3, -0.25) is 4.79 Å². The predicted molar refractivity (Wildman–Crippen MR) is 73.9 cm³/mol. The highest BCUT2D eigenvalue weighted by Gasteiger charge is 2.26. The fraction of sp³-hybridized carbons (Fsp3) is 0.417. The van der Waals surface area contributed by atoms with Crippen LogP contribution in [0.3, 0.4) is 0 Å². The lowest BCUT2D eigenvalue weighted by atomic mass is 10.2. The first kappa shape index (κ1) is 12.9. The van der Waals surface area contributed by atoms with Crippen LogP contribution in [-0.2, 0) is 0 Å².